The summed E-state index contributed by atoms with van der Waals surface area (Å²) in [4.78, 5) is 2.47. The van der Waals surface area contributed by atoms with Crippen LogP contribution in [-0.4, -0.2) is 12.6 Å². The number of unbranched alkanes of at least 4 members (excludes halogenated alkanes) is 2. The highest BCUT2D eigenvalue weighted by Crippen LogP contribution is 2.19. The lowest BCUT2D eigenvalue weighted by Gasteiger charge is -2.29. The zero-order chi connectivity index (χ0) is 12.7. The Labute approximate surface area is 106 Å². The average Bonchev–Trinajstić information content (AvgIpc) is 2.34. The van der Waals surface area contributed by atoms with E-state index >= 15 is 0 Å². The predicted molar refractivity (Wildman–Crippen MR) is 76.3 cm³/mol. The molecule has 1 aromatic rings. The number of anilines is 1. The van der Waals surface area contributed by atoms with E-state index in [0.717, 1.165) is 6.54 Å². The maximum atomic E-state index is 5.70. The van der Waals surface area contributed by atoms with Crippen molar-refractivity contribution in [3.05, 3.63) is 29.8 Å². The van der Waals surface area contributed by atoms with Gasteiger partial charge in [-0.1, -0.05) is 31.9 Å². The van der Waals surface area contributed by atoms with Crippen LogP contribution in [0.2, 0.25) is 0 Å². The fourth-order valence-electron chi connectivity index (χ4n) is 2.08. The quantitative estimate of drug-likeness (QED) is 0.731. The summed E-state index contributed by atoms with van der Waals surface area (Å²) < 4.78 is 0. The van der Waals surface area contributed by atoms with Gasteiger partial charge in [0.2, 0.25) is 0 Å². The highest BCUT2D eigenvalue weighted by atomic mass is 15.1. The van der Waals surface area contributed by atoms with Crippen molar-refractivity contribution in [1.29, 1.82) is 0 Å². The number of nitrogens with two attached hydrogens (primary N) is 1. The monoisotopic (exact) mass is 234 g/mol. The van der Waals surface area contributed by atoms with Crippen LogP contribution in [0, 0.1) is 0 Å². The molecule has 0 heterocycles. The molecule has 0 atom stereocenters. The molecule has 0 aliphatic heterocycles. The SMILES string of the molecule is CCCCCN(c1cccc(CN)c1)C(C)C. The van der Waals surface area contributed by atoms with Gasteiger partial charge in [0.15, 0.2) is 0 Å². The molecule has 0 aliphatic rings. The van der Waals surface area contributed by atoms with Crippen LogP contribution in [0.3, 0.4) is 0 Å². The molecular weight excluding hydrogens is 208 g/mol. The maximum Gasteiger partial charge on any atom is 0.0371 e. The fraction of sp³-hybridized carbons (Fsp3) is 0.600. The molecule has 0 unspecified atom stereocenters. The number of rotatable bonds is 7. The Morgan fingerprint density at radius 3 is 2.59 bits per heavy atom. The summed E-state index contributed by atoms with van der Waals surface area (Å²) in [6, 6.07) is 9.14. The zero-order valence-electron chi connectivity index (χ0n) is 11.4. The Hall–Kier alpha value is -1.02. The second-order valence-corrected chi connectivity index (χ2v) is 4.87. The smallest absolute Gasteiger partial charge is 0.0371 e. The lowest BCUT2D eigenvalue weighted by atomic mass is 10.1. The molecule has 0 saturated carbocycles. The predicted octanol–water partition coefficient (Wildman–Crippen LogP) is 3.55. The van der Waals surface area contributed by atoms with Crippen molar-refractivity contribution in [3.8, 4) is 0 Å². The van der Waals surface area contributed by atoms with Crippen LogP contribution >= 0.6 is 0 Å². The van der Waals surface area contributed by atoms with Crippen LogP contribution in [0.5, 0.6) is 0 Å². The van der Waals surface area contributed by atoms with Crippen LogP contribution < -0.4 is 10.6 Å². The first-order chi connectivity index (χ1) is 8.19. The lowest BCUT2D eigenvalue weighted by Crippen LogP contribution is -2.31. The molecule has 0 saturated heterocycles. The minimum atomic E-state index is 0.542. The van der Waals surface area contributed by atoms with E-state index in [9.17, 15) is 0 Å². The van der Waals surface area contributed by atoms with E-state index in [2.05, 4.69) is 49.9 Å². The molecule has 2 nitrogen and oxygen atoms in total. The number of nitrogens with zero attached hydrogens (tertiary/aromatic N) is 1. The van der Waals surface area contributed by atoms with Gasteiger partial charge in [0.1, 0.15) is 0 Å². The molecule has 0 amide bonds. The van der Waals surface area contributed by atoms with Crippen molar-refractivity contribution < 1.29 is 0 Å². The topological polar surface area (TPSA) is 29.3 Å². The first kappa shape index (κ1) is 14.0. The summed E-state index contributed by atoms with van der Waals surface area (Å²) in [7, 11) is 0. The Bertz CT molecular complexity index is 320. The number of hydrogen-bond acceptors (Lipinski definition) is 2. The summed E-state index contributed by atoms with van der Waals surface area (Å²) in [6.45, 7) is 8.51. The summed E-state index contributed by atoms with van der Waals surface area (Å²) in [6.07, 6.45) is 3.84. The summed E-state index contributed by atoms with van der Waals surface area (Å²) >= 11 is 0. The van der Waals surface area contributed by atoms with Crippen LogP contribution in [0.25, 0.3) is 0 Å². The highest BCUT2D eigenvalue weighted by molar-refractivity contribution is 5.49. The minimum absolute atomic E-state index is 0.542. The third-order valence-corrected chi connectivity index (χ3v) is 3.10. The molecule has 0 fully saturated rings. The zero-order valence-corrected chi connectivity index (χ0v) is 11.4. The van der Waals surface area contributed by atoms with Gasteiger partial charge in [0.25, 0.3) is 0 Å². The largest absolute Gasteiger partial charge is 0.369 e. The summed E-state index contributed by atoms with van der Waals surface area (Å²) in [5, 5.41) is 0. The molecule has 2 N–H and O–H groups in total. The van der Waals surface area contributed by atoms with Crippen LogP contribution in [0.1, 0.15) is 45.6 Å². The van der Waals surface area contributed by atoms with E-state index < -0.39 is 0 Å². The van der Waals surface area contributed by atoms with Gasteiger partial charge in [-0.05, 0) is 38.0 Å². The standard InChI is InChI=1S/C15H26N2/c1-4-5-6-10-17(13(2)3)15-9-7-8-14(11-15)12-16/h7-9,11,13H,4-6,10,12,16H2,1-3H3. The van der Waals surface area contributed by atoms with Crippen molar-refractivity contribution in [2.45, 2.75) is 52.6 Å². The van der Waals surface area contributed by atoms with Crippen molar-refractivity contribution in [2.75, 3.05) is 11.4 Å². The molecule has 0 bridgehead atoms. The second-order valence-electron chi connectivity index (χ2n) is 4.87. The Balaban J connectivity index is 2.74. The molecule has 1 aromatic carbocycles. The first-order valence-electron chi connectivity index (χ1n) is 6.74. The van der Waals surface area contributed by atoms with Gasteiger partial charge in [-0.2, -0.15) is 0 Å². The molecule has 0 aliphatic carbocycles. The van der Waals surface area contributed by atoms with Gasteiger partial charge in [0.05, 0.1) is 0 Å². The third-order valence-electron chi connectivity index (χ3n) is 3.10. The van der Waals surface area contributed by atoms with Crippen molar-refractivity contribution >= 4 is 5.69 Å². The molecular formula is C15H26N2. The molecule has 96 valence electrons. The van der Waals surface area contributed by atoms with E-state index in [0.29, 0.717) is 12.6 Å². The second kappa shape index (κ2) is 7.33. The van der Waals surface area contributed by atoms with Gasteiger partial charge in [-0.15, -0.1) is 0 Å². The van der Waals surface area contributed by atoms with E-state index in [-0.39, 0.29) is 0 Å². The van der Waals surface area contributed by atoms with Gasteiger partial charge >= 0.3 is 0 Å². The molecule has 2 heteroatoms. The molecule has 1 rings (SSSR count). The fourth-order valence-corrected chi connectivity index (χ4v) is 2.08. The van der Waals surface area contributed by atoms with Crippen molar-refractivity contribution in [3.63, 3.8) is 0 Å². The summed E-state index contributed by atoms with van der Waals surface area (Å²) in [5.41, 5.74) is 8.21. The Morgan fingerprint density at radius 2 is 2.00 bits per heavy atom. The van der Waals surface area contributed by atoms with Crippen LogP contribution in [-0.2, 0) is 6.54 Å². The molecule has 17 heavy (non-hydrogen) atoms. The number of hydrogen-bond donors (Lipinski definition) is 1. The average molecular weight is 234 g/mol. The Morgan fingerprint density at radius 1 is 1.24 bits per heavy atom. The molecule has 0 radical (unpaired) electrons. The third kappa shape index (κ3) is 4.39. The molecule has 0 spiro atoms. The highest BCUT2D eigenvalue weighted by Gasteiger charge is 2.10. The van der Waals surface area contributed by atoms with Gasteiger partial charge < -0.3 is 10.6 Å². The van der Waals surface area contributed by atoms with Crippen LogP contribution in [0.15, 0.2) is 24.3 Å². The summed E-state index contributed by atoms with van der Waals surface area (Å²) in [5.74, 6) is 0. The number of benzene rings is 1. The van der Waals surface area contributed by atoms with Crippen molar-refractivity contribution in [2.24, 2.45) is 5.73 Å². The van der Waals surface area contributed by atoms with E-state index in [1.807, 2.05) is 0 Å². The van der Waals surface area contributed by atoms with Crippen molar-refractivity contribution in [1.82, 2.24) is 0 Å². The first-order valence-corrected chi connectivity index (χ1v) is 6.74. The lowest BCUT2D eigenvalue weighted by molar-refractivity contribution is 0.626. The van der Waals surface area contributed by atoms with Gasteiger partial charge in [-0.3, -0.25) is 0 Å². The van der Waals surface area contributed by atoms with Gasteiger partial charge in [0, 0.05) is 24.8 Å². The van der Waals surface area contributed by atoms with E-state index in [1.165, 1.54) is 30.5 Å². The van der Waals surface area contributed by atoms with E-state index in [1.54, 1.807) is 0 Å². The minimum Gasteiger partial charge on any atom is -0.369 e. The normalized spacial score (nSPS) is 10.9. The Kier molecular flexibility index (Phi) is 6.06. The maximum absolute atomic E-state index is 5.70. The van der Waals surface area contributed by atoms with Crippen LogP contribution in [0.4, 0.5) is 5.69 Å². The molecule has 0 aromatic heterocycles. The van der Waals surface area contributed by atoms with E-state index in [4.69, 9.17) is 5.73 Å². The van der Waals surface area contributed by atoms with Gasteiger partial charge in [-0.25, -0.2) is 0 Å².